The van der Waals surface area contributed by atoms with Crippen LogP contribution in [0.4, 0.5) is 11.4 Å². The van der Waals surface area contributed by atoms with Gasteiger partial charge in [0.25, 0.3) is 11.8 Å². The monoisotopic (exact) mass is 633 g/mol. The molecule has 1 unspecified atom stereocenters. The summed E-state index contributed by atoms with van der Waals surface area (Å²) in [6.45, 7) is 0. The summed E-state index contributed by atoms with van der Waals surface area (Å²) in [6.07, 6.45) is 2.93. The molecule has 0 radical (unpaired) electrons. The molecule has 0 aliphatic rings. The molecule has 0 fully saturated rings. The molecule has 232 valence electrons. The summed E-state index contributed by atoms with van der Waals surface area (Å²) >= 11 is 1.32. The zero-order valence-corrected chi connectivity index (χ0v) is 25.9. The smallest absolute Gasteiger partial charge is 0.272 e. The Hall–Kier alpha value is -5.74. The van der Waals surface area contributed by atoms with Gasteiger partial charge in [-0.25, -0.2) is 0 Å². The van der Waals surface area contributed by atoms with Crippen molar-refractivity contribution in [3.05, 3.63) is 144 Å². The van der Waals surface area contributed by atoms with E-state index >= 15 is 0 Å². The van der Waals surface area contributed by atoms with E-state index in [2.05, 4.69) is 16.0 Å². The van der Waals surface area contributed by atoms with E-state index in [0.717, 1.165) is 10.5 Å². The third kappa shape index (κ3) is 8.25. The predicted molar refractivity (Wildman–Crippen MR) is 179 cm³/mol. The summed E-state index contributed by atoms with van der Waals surface area (Å²) in [5, 5.41) is 7.88. The van der Waals surface area contributed by atoms with Crippen LogP contribution < -0.4 is 25.4 Å². The van der Waals surface area contributed by atoms with Crippen molar-refractivity contribution in [2.75, 3.05) is 24.9 Å². The maximum atomic E-state index is 13.7. The number of hydrogen-bond acceptors (Lipinski definition) is 7. The summed E-state index contributed by atoms with van der Waals surface area (Å²) in [4.78, 5) is 40.8. The number of carbonyl (C=O) groups excluding carboxylic acids is 3. The molecule has 4 aromatic carbocycles. The van der Waals surface area contributed by atoms with Crippen LogP contribution in [0.3, 0.4) is 0 Å². The van der Waals surface area contributed by atoms with E-state index in [4.69, 9.17) is 13.9 Å². The van der Waals surface area contributed by atoms with Gasteiger partial charge >= 0.3 is 0 Å². The topological polar surface area (TPSA) is 119 Å². The molecule has 0 saturated carbocycles. The summed E-state index contributed by atoms with van der Waals surface area (Å²) in [5.41, 5.74) is 2.16. The van der Waals surface area contributed by atoms with Crippen molar-refractivity contribution in [2.24, 2.45) is 0 Å². The second-order valence-corrected chi connectivity index (χ2v) is 11.0. The van der Waals surface area contributed by atoms with Gasteiger partial charge in [-0.15, -0.1) is 11.8 Å². The number of hydrogen-bond donors (Lipinski definition) is 3. The molecule has 1 heterocycles. The minimum Gasteiger partial charge on any atom is -0.497 e. The summed E-state index contributed by atoms with van der Waals surface area (Å²) < 4.78 is 16.1. The highest BCUT2D eigenvalue weighted by Gasteiger charge is 2.24. The van der Waals surface area contributed by atoms with E-state index in [9.17, 15) is 14.4 Å². The lowest BCUT2D eigenvalue weighted by molar-refractivity contribution is -0.116. The molecule has 0 aliphatic carbocycles. The molecule has 0 bridgehead atoms. The first-order chi connectivity index (χ1) is 22.4. The second-order valence-electron chi connectivity index (χ2n) is 9.84. The number of carbonyl (C=O) groups is 3. The molecule has 10 heteroatoms. The Morgan fingerprint density at radius 3 is 2.24 bits per heavy atom. The van der Waals surface area contributed by atoms with Gasteiger partial charge in [-0.1, -0.05) is 54.6 Å². The molecule has 0 saturated heterocycles. The van der Waals surface area contributed by atoms with Gasteiger partial charge in [0.15, 0.2) is 0 Å². The normalized spacial score (nSPS) is 11.7. The van der Waals surface area contributed by atoms with E-state index < -0.39 is 17.1 Å². The number of nitrogens with one attached hydrogen (secondary N) is 3. The highest BCUT2D eigenvalue weighted by atomic mass is 32.2. The number of benzene rings is 4. The Labute approximate surface area is 270 Å². The van der Waals surface area contributed by atoms with Crippen LogP contribution in [-0.4, -0.2) is 31.9 Å². The van der Waals surface area contributed by atoms with Gasteiger partial charge in [-0.05, 0) is 60.2 Å². The second kappa shape index (κ2) is 15.3. The SMILES string of the molecule is COc1ccc(NC(=O)C(Sc2cccc(NC(=O)/C(=C/c3ccco3)NC(=O)c3ccccc3)c2)c2ccccc2)c(OC)c1. The Morgan fingerprint density at radius 1 is 0.783 bits per heavy atom. The average molecular weight is 634 g/mol. The first kappa shape index (κ1) is 31.7. The standard InChI is InChI=1S/C36H31N3O6S/c1-43-27-18-19-30(32(23-27)44-2)38-36(42)33(24-11-5-3-6-12-24)46-29-17-9-15-26(21-29)37-35(41)31(22-28-16-10-20-45-28)39-34(40)25-13-7-4-8-14-25/h3-23,33H,1-2H3,(H,37,41)(H,38,42)(H,39,40)/b31-22-. The van der Waals surface area contributed by atoms with Gasteiger partial charge in [0.1, 0.15) is 28.2 Å². The summed E-state index contributed by atoms with van der Waals surface area (Å²) in [7, 11) is 3.08. The zero-order valence-electron chi connectivity index (χ0n) is 25.1. The van der Waals surface area contributed by atoms with Gasteiger partial charge < -0.3 is 29.8 Å². The van der Waals surface area contributed by atoms with Gasteiger partial charge in [0, 0.05) is 28.3 Å². The number of thioether (sulfide) groups is 1. The van der Waals surface area contributed by atoms with Crippen LogP contribution in [0.1, 0.15) is 26.9 Å². The number of methoxy groups -OCH3 is 2. The van der Waals surface area contributed by atoms with Crippen molar-refractivity contribution in [1.82, 2.24) is 5.32 Å². The molecular weight excluding hydrogens is 602 g/mol. The highest BCUT2D eigenvalue weighted by molar-refractivity contribution is 8.00. The average Bonchev–Trinajstić information content (AvgIpc) is 3.61. The molecule has 46 heavy (non-hydrogen) atoms. The predicted octanol–water partition coefficient (Wildman–Crippen LogP) is 7.18. The third-order valence-corrected chi connectivity index (χ3v) is 7.96. The van der Waals surface area contributed by atoms with Crippen molar-refractivity contribution in [1.29, 1.82) is 0 Å². The Kier molecular flexibility index (Phi) is 10.5. The maximum Gasteiger partial charge on any atom is 0.272 e. The van der Waals surface area contributed by atoms with Crippen molar-refractivity contribution >= 4 is 46.9 Å². The summed E-state index contributed by atoms with van der Waals surface area (Å²) in [6, 6.07) is 33.6. The van der Waals surface area contributed by atoms with Crippen LogP contribution in [0.5, 0.6) is 11.5 Å². The maximum absolute atomic E-state index is 13.7. The van der Waals surface area contributed by atoms with Crippen molar-refractivity contribution in [3.63, 3.8) is 0 Å². The Balaban J connectivity index is 1.36. The van der Waals surface area contributed by atoms with Crippen LogP contribution >= 0.6 is 11.8 Å². The zero-order chi connectivity index (χ0) is 32.3. The minimum absolute atomic E-state index is 0.00293. The van der Waals surface area contributed by atoms with Crippen LogP contribution in [0.2, 0.25) is 0 Å². The molecule has 9 nitrogen and oxygen atoms in total. The van der Waals surface area contributed by atoms with Gasteiger partial charge in [0.05, 0.1) is 26.2 Å². The van der Waals surface area contributed by atoms with Crippen LogP contribution in [0.15, 0.2) is 137 Å². The van der Waals surface area contributed by atoms with E-state index in [-0.39, 0.29) is 11.6 Å². The van der Waals surface area contributed by atoms with Crippen LogP contribution in [-0.2, 0) is 9.59 Å². The lowest BCUT2D eigenvalue weighted by atomic mass is 10.1. The number of furan rings is 1. The molecule has 1 aromatic heterocycles. The van der Waals surface area contributed by atoms with E-state index in [1.807, 2.05) is 36.4 Å². The van der Waals surface area contributed by atoms with Crippen LogP contribution in [0, 0.1) is 0 Å². The molecule has 5 aromatic rings. The lowest BCUT2D eigenvalue weighted by Gasteiger charge is -2.19. The summed E-state index contributed by atoms with van der Waals surface area (Å²) in [5.74, 6) is 0.209. The van der Waals surface area contributed by atoms with Gasteiger partial charge in [-0.2, -0.15) is 0 Å². The minimum atomic E-state index is -0.640. The number of anilines is 2. The first-order valence-corrected chi connectivity index (χ1v) is 15.1. The molecule has 0 spiro atoms. The van der Waals surface area contributed by atoms with Gasteiger partial charge in [-0.3, -0.25) is 14.4 Å². The van der Waals surface area contributed by atoms with Crippen molar-refractivity contribution < 1.29 is 28.3 Å². The highest BCUT2D eigenvalue weighted by Crippen LogP contribution is 2.38. The number of amides is 3. The quantitative estimate of drug-likeness (QED) is 0.0984. The van der Waals surface area contributed by atoms with E-state index in [0.29, 0.717) is 34.2 Å². The first-order valence-electron chi connectivity index (χ1n) is 14.2. The fourth-order valence-electron chi connectivity index (χ4n) is 4.44. The lowest BCUT2D eigenvalue weighted by Crippen LogP contribution is -2.30. The van der Waals surface area contributed by atoms with Gasteiger partial charge in [0.2, 0.25) is 5.91 Å². The fraction of sp³-hybridized carbons (Fsp3) is 0.0833. The molecule has 5 rings (SSSR count). The number of rotatable bonds is 12. The molecular formula is C36H31N3O6S. The van der Waals surface area contributed by atoms with E-state index in [1.54, 1.807) is 86.0 Å². The Morgan fingerprint density at radius 2 is 1.54 bits per heavy atom. The molecule has 3 amide bonds. The number of ether oxygens (including phenoxy) is 2. The van der Waals surface area contributed by atoms with Crippen molar-refractivity contribution in [2.45, 2.75) is 10.1 Å². The van der Waals surface area contributed by atoms with E-state index in [1.165, 1.54) is 31.2 Å². The molecule has 1 atom stereocenters. The molecule has 3 N–H and O–H groups in total. The molecule has 0 aliphatic heterocycles. The fourth-order valence-corrected chi connectivity index (χ4v) is 5.52. The van der Waals surface area contributed by atoms with Crippen molar-refractivity contribution in [3.8, 4) is 11.5 Å². The third-order valence-electron chi connectivity index (χ3n) is 6.71. The largest absolute Gasteiger partial charge is 0.497 e. The Bertz CT molecular complexity index is 1830. The van der Waals surface area contributed by atoms with Crippen LogP contribution in [0.25, 0.3) is 6.08 Å².